The topological polar surface area (TPSA) is 12.5 Å². The minimum atomic E-state index is -2.23. The maximum Gasteiger partial charge on any atom is 0.0634 e. The van der Waals surface area contributed by atoms with E-state index in [0.717, 1.165) is 13.0 Å². The Morgan fingerprint density at radius 1 is 0.633 bits per heavy atom. The Hall–Kier alpha value is -2.62. The van der Waals surface area contributed by atoms with Crippen LogP contribution in [0.5, 0.6) is 0 Å². The van der Waals surface area contributed by atoms with Gasteiger partial charge in [0.05, 0.1) is 19.7 Å². The molecule has 0 spiro atoms. The van der Waals surface area contributed by atoms with Crippen molar-refractivity contribution in [2.24, 2.45) is 45.3 Å². The van der Waals surface area contributed by atoms with Crippen LogP contribution < -0.4 is 4.90 Å². The van der Waals surface area contributed by atoms with Gasteiger partial charge < -0.3 is 9.64 Å². The Morgan fingerprint density at radius 2 is 1.12 bits per heavy atom. The van der Waals surface area contributed by atoms with Gasteiger partial charge in [-0.15, -0.1) is 0 Å². The molecule has 8 atom stereocenters. The number of ether oxygens (including phenoxy) is 1. The number of aryl methyl sites for hydroxylation is 1. The van der Waals surface area contributed by atoms with E-state index in [1.807, 2.05) is 0 Å². The number of benzene rings is 2. The van der Waals surface area contributed by atoms with Gasteiger partial charge in [-0.05, 0) is 161 Å². The third-order valence-corrected chi connectivity index (χ3v) is 24.0. The molecule has 2 nitrogen and oxygen atoms in total. The summed E-state index contributed by atoms with van der Waals surface area (Å²) in [6.45, 7) is 33.3. The zero-order valence-electron chi connectivity index (χ0n) is 40.4. The van der Waals surface area contributed by atoms with Crippen LogP contribution >= 0.6 is 0 Å². The Bertz CT molecular complexity index is 2080. The van der Waals surface area contributed by atoms with E-state index in [4.69, 9.17) is 4.74 Å². The van der Waals surface area contributed by atoms with E-state index in [9.17, 15) is 0 Å². The van der Waals surface area contributed by atoms with Crippen LogP contribution in [0, 0.1) is 52.3 Å². The van der Waals surface area contributed by atoms with Crippen molar-refractivity contribution in [1.29, 1.82) is 0 Å². The lowest BCUT2D eigenvalue weighted by atomic mass is 9.56. The largest absolute Gasteiger partial charge is 0.376 e. The Balaban J connectivity index is 1.23. The number of allylic oxidation sites excluding steroid dienone is 8. The van der Waals surface area contributed by atoms with Crippen LogP contribution in [0.3, 0.4) is 0 Å². The zero-order chi connectivity index (χ0) is 42.9. The number of fused-ring (bicyclic) bond motifs is 10. The van der Waals surface area contributed by atoms with Crippen LogP contribution in [0.15, 0.2) is 89.1 Å². The normalized spacial score (nSPS) is 33.4. The van der Waals surface area contributed by atoms with Gasteiger partial charge in [0.15, 0.2) is 0 Å². The van der Waals surface area contributed by atoms with Crippen molar-refractivity contribution in [3.63, 3.8) is 0 Å². The first-order valence-electron chi connectivity index (χ1n) is 24.5. The lowest BCUT2D eigenvalue weighted by molar-refractivity contribution is -0.00471. The van der Waals surface area contributed by atoms with Gasteiger partial charge in [0.25, 0.3) is 0 Å². The second-order valence-corrected chi connectivity index (χ2v) is 29.9. The van der Waals surface area contributed by atoms with Gasteiger partial charge in [0.2, 0.25) is 0 Å². The lowest BCUT2D eigenvalue weighted by Gasteiger charge is -2.50. The smallest absolute Gasteiger partial charge is 0.0634 e. The van der Waals surface area contributed by atoms with Gasteiger partial charge >= 0.3 is 0 Å². The van der Waals surface area contributed by atoms with Crippen molar-refractivity contribution in [3.8, 4) is 0 Å². The van der Waals surface area contributed by atoms with Gasteiger partial charge in [-0.25, -0.2) is 0 Å². The van der Waals surface area contributed by atoms with Crippen molar-refractivity contribution in [2.45, 2.75) is 176 Å². The maximum atomic E-state index is 6.23. The fourth-order valence-electron chi connectivity index (χ4n) is 14.8. The molecule has 3 heteroatoms. The highest BCUT2D eigenvalue weighted by molar-refractivity contribution is 6.82. The standard InChI is InChI=1S/C57H81NOSi/c1-36-23-24-48-43(31-36)49-50(58(48)13)37-21-17-18-22-38(37)52(49)60(14,30-20-16-15-19-29-59-53(2,3)4)51-41-34-46-44(54(5,6)25-27-56(46,9)10)32-39(41)40-33-45-47(35-42(40)51)57(11,12)28-26-55(45,7)8/h17-18,21-24,31-35,39-42,49-52H,15-16,19-20,25-30H2,1-14H3. The minimum Gasteiger partial charge on any atom is -0.376 e. The highest BCUT2D eigenvalue weighted by Crippen LogP contribution is 2.72. The summed E-state index contributed by atoms with van der Waals surface area (Å²) in [5.41, 5.74) is 16.7. The molecule has 0 bridgehead atoms. The van der Waals surface area contributed by atoms with Crippen LogP contribution in [-0.2, 0) is 4.74 Å². The minimum absolute atomic E-state index is 0.0631. The first kappa shape index (κ1) is 42.7. The summed E-state index contributed by atoms with van der Waals surface area (Å²) < 4.78 is 6.23. The van der Waals surface area contributed by atoms with E-state index in [1.165, 1.54) is 62.2 Å². The van der Waals surface area contributed by atoms with E-state index < -0.39 is 8.07 Å². The predicted molar refractivity (Wildman–Crippen MR) is 258 cm³/mol. The van der Waals surface area contributed by atoms with E-state index in [0.29, 0.717) is 46.7 Å². The Labute approximate surface area is 367 Å². The molecule has 0 saturated heterocycles. The molecule has 8 unspecified atom stereocenters. The summed E-state index contributed by atoms with van der Waals surface area (Å²) in [5.74, 6) is 2.79. The van der Waals surface area contributed by atoms with Crippen molar-refractivity contribution in [2.75, 3.05) is 18.6 Å². The third kappa shape index (κ3) is 6.78. The van der Waals surface area contributed by atoms with Gasteiger partial charge in [0, 0.05) is 25.3 Å². The summed E-state index contributed by atoms with van der Waals surface area (Å²) >= 11 is 0. The molecule has 3 fully saturated rings. The summed E-state index contributed by atoms with van der Waals surface area (Å²) in [7, 11) is 0.177. The molecule has 60 heavy (non-hydrogen) atoms. The molecule has 9 rings (SSSR count). The van der Waals surface area contributed by atoms with Gasteiger partial charge in [-0.2, -0.15) is 0 Å². The SMILES string of the molecule is Cc1ccc2c(c1)C1C(c3ccccc3C1[Si](C)(CCCCCCOC(C)(C)C)C1C3C=C4C(=CC3C3C=C5C(=CC31)C(C)(C)CCC5(C)C)C(C)(C)CCC4(C)C)N2C. The van der Waals surface area contributed by atoms with E-state index >= 15 is 0 Å². The molecule has 6 aliphatic carbocycles. The Kier molecular flexibility index (Phi) is 10.3. The number of hydrogen-bond donors (Lipinski definition) is 0. The number of hydrogen-bond acceptors (Lipinski definition) is 2. The van der Waals surface area contributed by atoms with Crippen LogP contribution in [0.4, 0.5) is 5.69 Å². The summed E-state index contributed by atoms with van der Waals surface area (Å²) in [4.78, 5) is 2.69. The molecule has 324 valence electrons. The molecule has 1 aliphatic heterocycles. The second kappa shape index (κ2) is 14.5. The van der Waals surface area contributed by atoms with E-state index in [1.54, 1.807) is 39.0 Å². The highest BCUT2D eigenvalue weighted by Gasteiger charge is 2.64. The van der Waals surface area contributed by atoms with Crippen LogP contribution in [0.2, 0.25) is 18.1 Å². The van der Waals surface area contributed by atoms with Crippen molar-refractivity contribution in [1.82, 2.24) is 0 Å². The molecule has 1 heterocycles. The summed E-state index contributed by atoms with van der Waals surface area (Å²) in [5, 5.41) is 0. The van der Waals surface area contributed by atoms with Crippen LogP contribution in [0.1, 0.15) is 167 Å². The molecule has 0 radical (unpaired) electrons. The highest BCUT2D eigenvalue weighted by atomic mass is 28.3. The van der Waals surface area contributed by atoms with E-state index in [2.05, 4.69) is 168 Å². The fourth-order valence-corrected chi connectivity index (χ4v) is 21.4. The molecule has 2 aromatic carbocycles. The van der Waals surface area contributed by atoms with Crippen LogP contribution in [0.25, 0.3) is 0 Å². The van der Waals surface area contributed by atoms with Crippen LogP contribution in [-0.4, -0.2) is 27.3 Å². The van der Waals surface area contributed by atoms with E-state index in [-0.39, 0.29) is 27.3 Å². The van der Waals surface area contributed by atoms with Gasteiger partial charge in [-0.3, -0.25) is 0 Å². The monoisotopic (exact) mass is 824 g/mol. The third-order valence-electron chi connectivity index (χ3n) is 18.2. The van der Waals surface area contributed by atoms with Crippen molar-refractivity contribution >= 4 is 13.8 Å². The molecular weight excluding hydrogens is 743 g/mol. The van der Waals surface area contributed by atoms with Crippen molar-refractivity contribution in [3.05, 3.63) is 111 Å². The first-order chi connectivity index (χ1) is 28.1. The molecule has 0 N–H and O–H groups in total. The number of likely N-dealkylation sites (N-methyl/N-ethyl adjacent to an activating group) is 1. The number of rotatable bonds is 9. The number of anilines is 1. The molecule has 7 aliphatic rings. The second-order valence-electron chi connectivity index (χ2n) is 25.1. The summed E-state index contributed by atoms with van der Waals surface area (Å²) in [6.07, 6.45) is 22.1. The quantitative estimate of drug-likeness (QED) is 0.184. The molecular formula is C57H81NOSi. The average Bonchev–Trinajstić information content (AvgIpc) is 3.79. The average molecular weight is 824 g/mol. The maximum absolute atomic E-state index is 6.23. The van der Waals surface area contributed by atoms with Gasteiger partial charge in [-0.1, -0.05) is 154 Å². The molecule has 0 aromatic heterocycles. The zero-order valence-corrected chi connectivity index (χ0v) is 41.4. The Morgan fingerprint density at radius 3 is 1.63 bits per heavy atom. The predicted octanol–water partition coefficient (Wildman–Crippen LogP) is 15.6. The van der Waals surface area contributed by atoms with Crippen molar-refractivity contribution < 1.29 is 4.74 Å². The fraction of sp³-hybridized carbons (Fsp3) is 0.649. The molecule has 0 amide bonds. The lowest BCUT2D eigenvalue weighted by Crippen LogP contribution is -2.49. The molecule has 3 saturated carbocycles. The molecule has 2 aromatic rings. The summed E-state index contributed by atoms with van der Waals surface area (Å²) in [6, 6.07) is 19.1. The first-order valence-corrected chi connectivity index (χ1v) is 27.4. The number of nitrogens with zero attached hydrogens (tertiary/aromatic N) is 1. The number of unbranched alkanes of at least 4 members (excludes halogenated alkanes) is 3. The van der Waals surface area contributed by atoms with Gasteiger partial charge in [0.1, 0.15) is 0 Å².